The van der Waals surface area contributed by atoms with E-state index in [4.69, 9.17) is 14.2 Å². The van der Waals surface area contributed by atoms with Gasteiger partial charge in [0.25, 0.3) is 5.91 Å². The van der Waals surface area contributed by atoms with E-state index in [9.17, 15) is 13.6 Å². The number of amides is 1. The molecular weight excluding hydrogens is 506 g/mol. The largest absolute Gasteiger partial charge is 0.496 e. The Labute approximate surface area is 224 Å². The number of carbonyl (C=O) groups excluding carboxylic acids is 1. The first-order chi connectivity index (χ1) is 19.0. The van der Waals surface area contributed by atoms with Crippen molar-refractivity contribution in [3.05, 3.63) is 83.1 Å². The zero-order chi connectivity index (χ0) is 27.4. The summed E-state index contributed by atoms with van der Waals surface area (Å²) in [4.78, 5) is 13.1. The average molecular weight is 535 g/mol. The summed E-state index contributed by atoms with van der Waals surface area (Å²) >= 11 is 0. The second-order valence-corrected chi connectivity index (χ2v) is 9.33. The number of piperidine rings is 1. The topological polar surface area (TPSA) is 97.5 Å². The van der Waals surface area contributed by atoms with Gasteiger partial charge in [0.15, 0.2) is 17.3 Å². The van der Waals surface area contributed by atoms with Crippen LogP contribution in [0.15, 0.2) is 42.6 Å². The van der Waals surface area contributed by atoms with Crippen molar-refractivity contribution in [3.63, 3.8) is 0 Å². The third kappa shape index (κ3) is 5.59. The van der Waals surface area contributed by atoms with Crippen LogP contribution in [0.5, 0.6) is 17.2 Å². The molecular formula is C29H28F2N4O4. The Bertz CT molecular complexity index is 1450. The number of ether oxygens (including phenoxy) is 3. The maximum absolute atomic E-state index is 14.8. The zero-order valence-corrected chi connectivity index (χ0v) is 21.6. The number of methoxy groups -OCH3 is 2. The summed E-state index contributed by atoms with van der Waals surface area (Å²) < 4.78 is 45.9. The average Bonchev–Trinajstić information content (AvgIpc) is 3.42. The van der Waals surface area contributed by atoms with E-state index < -0.39 is 17.5 Å². The first-order valence-corrected chi connectivity index (χ1v) is 12.6. The molecule has 1 fully saturated rings. The second-order valence-electron chi connectivity index (χ2n) is 9.33. The summed E-state index contributed by atoms with van der Waals surface area (Å²) in [7, 11) is 2.98. The highest BCUT2D eigenvalue weighted by Crippen LogP contribution is 2.33. The van der Waals surface area contributed by atoms with Gasteiger partial charge in [-0.2, -0.15) is 5.10 Å². The summed E-state index contributed by atoms with van der Waals surface area (Å²) in [6, 6.07) is 14.8. The monoisotopic (exact) mass is 534 g/mol. The van der Waals surface area contributed by atoms with Crippen LogP contribution in [0.3, 0.4) is 0 Å². The van der Waals surface area contributed by atoms with Crippen molar-refractivity contribution in [1.82, 2.24) is 20.8 Å². The normalized spacial score (nSPS) is 16.9. The van der Waals surface area contributed by atoms with Crippen LogP contribution < -0.4 is 24.8 Å². The fraction of sp³-hybridized carbons (Fsp3) is 0.310. The molecule has 8 nitrogen and oxygen atoms in total. The molecule has 0 unspecified atom stereocenters. The maximum Gasteiger partial charge on any atom is 0.254 e. The van der Waals surface area contributed by atoms with E-state index in [1.165, 1.54) is 26.4 Å². The second kappa shape index (κ2) is 11.6. The quantitative estimate of drug-likeness (QED) is 0.298. The Kier molecular flexibility index (Phi) is 7.79. The van der Waals surface area contributed by atoms with Gasteiger partial charge in [0.05, 0.1) is 50.2 Å². The van der Waals surface area contributed by atoms with Crippen LogP contribution in [0.2, 0.25) is 0 Å². The van der Waals surface area contributed by atoms with E-state index in [0.717, 1.165) is 23.9 Å². The lowest BCUT2D eigenvalue weighted by atomic mass is 9.81. The number of H-pyrrole nitrogens is 1. The standard InChI is InChI=1S/C29H28F2N4O4/c1-37-26-4-3-5-27(38-2)22(26)15-33-29(36)21-10-17(6-7-23(21)30)20-8-9-32-13-19(20)16-39-28-11-18-14-34-35-25(18)12-24(28)31/h4,6-7,10-12,14,19-20,32H,8-9,13,15-16H2,1-2H3,(H,33,36)(H,34,35)/t19-,20-/m0/s1. The Hall–Kier alpha value is -4.36. The molecule has 3 aromatic carbocycles. The fourth-order valence-corrected chi connectivity index (χ4v) is 4.97. The number of nitrogens with one attached hydrogen (secondary N) is 3. The highest BCUT2D eigenvalue weighted by atomic mass is 19.1. The van der Waals surface area contributed by atoms with Crippen LogP contribution in [0.1, 0.15) is 33.8 Å². The highest BCUT2D eigenvalue weighted by Gasteiger charge is 2.29. The van der Waals surface area contributed by atoms with Crippen LogP contribution in [-0.2, 0) is 6.54 Å². The predicted molar refractivity (Wildman–Crippen MR) is 140 cm³/mol. The molecule has 3 N–H and O–H groups in total. The summed E-state index contributed by atoms with van der Waals surface area (Å²) in [6.45, 7) is 1.70. The van der Waals surface area contributed by atoms with Gasteiger partial charge >= 0.3 is 0 Å². The van der Waals surface area contributed by atoms with E-state index in [0.29, 0.717) is 29.1 Å². The van der Waals surface area contributed by atoms with Gasteiger partial charge in [0.2, 0.25) is 0 Å². The molecule has 1 aromatic heterocycles. The van der Waals surface area contributed by atoms with Gasteiger partial charge in [-0.05, 0) is 48.7 Å². The molecule has 0 saturated carbocycles. The molecule has 1 amide bonds. The number of aromatic nitrogens is 2. The molecule has 0 spiro atoms. The number of nitrogens with zero attached hydrogens (tertiary/aromatic N) is 1. The van der Waals surface area contributed by atoms with Crippen LogP contribution in [0, 0.1) is 29.7 Å². The molecule has 2 atom stereocenters. The van der Waals surface area contributed by atoms with Crippen LogP contribution in [0.25, 0.3) is 10.9 Å². The first kappa shape index (κ1) is 26.3. The number of hydrogen-bond donors (Lipinski definition) is 3. The van der Waals surface area contributed by atoms with Gasteiger partial charge < -0.3 is 24.8 Å². The molecule has 0 aliphatic carbocycles. The van der Waals surface area contributed by atoms with E-state index in [-0.39, 0.29) is 36.3 Å². The van der Waals surface area contributed by atoms with Crippen molar-refractivity contribution in [2.45, 2.75) is 18.9 Å². The molecule has 1 aliphatic heterocycles. The number of hydrogen-bond acceptors (Lipinski definition) is 6. The van der Waals surface area contributed by atoms with Gasteiger partial charge in [0, 0.05) is 30.0 Å². The predicted octanol–water partition coefficient (Wildman–Crippen LogP) is 4.16. The van der Waals surface area contributed by atoms with Gasteiger partial charge in [-0.25, -0.2) is 8.78 Å². The van der Waals surface area contributed by atoms with Gasteiger partial charge in [-0.15, -0.1) is 0 Å². The lowest BCUT2D eigenvalue weighted by Crippen LogP contribution is -2.38. The smallest absolute Gasteiger partial charge is 0.254 e. The molecule has 5 rings (SSSR count). The third-order valence-electron chi connectivity index (χ3n) is 7.03. The zero-order valence-electron chi connectivity index (χ0n) is 21.6. The van der Waals surface area contributed by atoms with Gasteiger partial charge in [-0.1, -0.05) is 12.1 Å². The van der Waals surface area contributed by atoms with Crippen molar-refractivity contribution < 1.29 is 27.8 Å². The van der Waals surface area contributed by atoms with E-state index in [1.807, 2.05) is 0 Å². The minimum Gasteiger partial charge on any atom is -0.496 e. The molecule has 1 aliphatic rings. The Morgan fingerprint density at radius 3 is 2.85 bits per heavy atom. The number of rotatable bonds is 9. The molecule has 39 heavy (non-hydrogen) atoms. The highest BCUT2D eigenvalue weighted by molar-refractivity contribution is 5.94. The first-order valence-electron chi connectivity index (χ1n) is 12.6. The number of halogens is 2. The maximum atomic E-state index is 14.8. The van der Waals surface area contributed by atoms with Crippen LogP contribution in [-0.4, -0.2) is 50.0 Å². The van der Waals surface area contributed by atoms with E-state index in [1.54, 1.807) is 30.5 Å². The molecule has 4 aromatic rings. The minimum absolute atomic E-state index is 0.0152. The summed E-state index contributed by atoms with van der Waals surface area (Å²) in [5, 5.41) is 13.5. The van der Waals surface area contributed by atoms with E-state index in [2.05, 4.69) is 33.0 Å². The molecule has 202 valence electrons. The minimum atomic E-state index is -0.625. The number of benzene rings is 2. The van der Waals surface area contributed by atoms with Crippen molar-refractivity contribution in [1.29, 1.82) is 0 Å². The molecule has 0 radical (unpaired) electrons. The van der Waals surface area contributed by atoms with E-state index >= 15 is 0 Å². The fourth-order valence-electron chi connectivity index (χ4n) is 4.97. The Morgan fingerprint density at radius 1 is 1.15 bits per heavy atom. The summed E-state index contributed by atoms with van der Waals surface area (Å²) in [6.07, 6.45) is 2.37. The number of carbonyl (C=O) groups is 1. The lowest BCUT2D eigenvalue weighted by molar-refractivity contribution is 0.0946. The van der Waals surface area contributed by atoms with Crippen LogP contribution >= 0.6 is 0 Å². The van der Waals surface area contributed by atoms with Crippen LogP contribution in [0.4, 0.5) is 8.78 Å². The Morgan fingerprint density at radius 2 is 2.03 bits per heavy atom. The number of aromatic amines is 1. The van der Waals surface area contributed by atoms with Crippen molar-refractivity contribution in [2.75, 3.05) is 33.9 Å². The summed E-state index contributed by atoms with van der Waals surface area (Å²) in [5.74, 6) is -0.707. The third-order valence-corrected chi connectivity index (χ3v) is 7.03. The molecule has 0 bridgehead atoms. The van der Waals surface area contributed by atoms with Gasteiger partial charge in [0.1, 0.15) is 11.6 Å². The molecule has 10 heteroatoms. The number of fused-ring (bicyclic) bond motifs is 1. The van der Waals surface area contributed by atoms with Crippen molar-refractivity contribution >= 4 is 16.8 Å². The lowest BCUT2D eigenvalue weighted by Gasteiger charge is -2.32. The Balaban J connectivity index is 1.31. The molecule has 1 saturated heterocycles. The summed E-state index contributed by atoms with van der Waals surface area (Å²) in [5.41, 5.74) is 1.92. The van der Waals surface area contributed by atoms with Crippen molar-refractivity contribution in [2.24, 2.45) is 5.92 Å². The SMILES string of the molecule is COc1c#ccc(OC)c1CNC(=O)c1cc([C@@H]2CCNC[C@H]2COc2cc3cn[nH]c3cc2F)ccc1F. The molecule has 2 heterocycles. The van der Waals surface area contributed by atoms with Crippen molar-refractivity contribution in [3.8, 4) is 17.2 Å². The van der Waals surface area contributed by atoms with Gasteiger partial charge in [-0.3, -0.25) is 9.89 Å².